The number of amides is 1. The van der Waals surface area contributed by atoms with Crippen LogP contribution in [0.5, 0.6) is 0 Å². The van der Waals surface area contributed by atoms with E-state index < -0.39 is 0 Å². The molecule has 1 aromatic carbocycles. The second-order valence-electron chi connectivity index (χ2n) is 4.76. The maximum Gasteiger partial charge on any atom is 0.223 e. The second-order valence-corrected chi connectivity index (χ2v) is 4.76. The average molecular weight is 244 g/mol. The highest BCUT2D eigenvalue weighted by Gasteiger charge is 2.17. The number of benzene rings is 1. The molecule has 0 spiro atoms. The zero-order chi connectivity index (χ0) is 12.8. The van der Waals surface area contributed by atoms with Crippen LogP contribution in [-0.4, -0.2) is 12.5 Å². The van der Waals surface area contributed by atoms with E-state index in [1.807, 2.05) is 24.3 Å². The molecule has 3 N–H and O–H groups in total. The normalized spacial score (nSPS) is 18.6. The molecule has 1 aliphatic rings. The summed E-state index contributed by atoms with van der Waals surface area (Å²) in [4.78, 5) is 11.9. The van der Waals surface area contributed by atoms with Crippen molar-refractivity contribution < 1.29 is 4.79 Å². The molecule has 1 atom stereocenters. The van der Waals surface area contributed by atoms with Crippen molar-refractivity contribution in [3.8, 4) is 0 Å². The van der Waals surface area contributed by atoms with Crippen molar-refractivity contribution in [2.24, 2.45) is 5.92 Å². The van der Waals surface area contributed by atoms with E-state index in [1.54, 1.807) is 0 Å². The quantitative estimate of drug-likeness (QED) is 0.630. The van der Waals surface area contributed by atoms with Gasteiger partial charge in [-0.3, -0.25) is 4.79 Å². The molecule has 3 heteroatoms. The maximum atomic E-state index is 11.9. The molecule has 0 bridgehead atoms. The smallest absolute Gasteiger partial charge is 0.223 e. The highest BCUT2D eigenvalue weighted by atomic mass is 16.1. The molecule has 0 aromatic heterocycles. The number of nitrogens with one attached hydrogen (secondary N) is 1. The van der Waals surface area contributed by atoms with Crippen LogP contribution in [-0.2, 0) is 11.2 Å². The highest BCUT2D eigenvalue weighted by Crippen LogP contribution is 2.17. The molecule has 3 nitrogen and oxygen atoms in total. The van der Waals surface area contributed by atoms with Crippen LogP contribution < -0.4 is 11.1 Å². The van der Waals surface area contributed by atoms with Gasteiger partial charge in [0.2, 0.25) is 5.91 Å². The number of carbonyl (C=O) groups excluding carboxylic acids is 1. The minimum absolute atomic E-state index is 0.168. The van der Waals surface area contributed by atoms with Crippen LogP contribution in [0, 0.1) is 5.92 Å². The first-order valence-corrected chi connectivity index (χ1v) is 6.53. The van der Waals surface area contributed by atoms with E-state index >= 15 is 0 Å². The van der Waals surface area contributed by atoms with Gasteiger partial charge in [0.05, 0.1) is 0 Å². The minimum atomic E-state index is 0.168. The summed E-state index contributed by atoms with van der Waals surface area (Å²) in [6.07, 6.45) is 7.99. The van der Waals surface area contributed by atoms with E-state index in [4.69, 9.17) is 5.73 Å². The molecule has 0 fully saturated rings. The summed E-state index contributed by atoms with van der Waals surface area (Å²) in [5, 5.41) is 3.01. The SMILES string of the molecule is Nc1ccc(CCNC(=O)C2CC=CCC2)cc1. The summed E-state index contributed by atoms with van der Waals surface area (Å²) in [6, 6.07) is 7.79. The lowest BCUT2D eigenvalue weighted by atomic mass is 9.93. The lowest BCUT2D eigenvalue weighted by molar-refractivity contribution is -0.125. The van der Waals surface area contributed by atoms with Crippen molar-refractivity contribution in [2.75, 3.05) is 12.3 Å². The fraction of sp³-hybridized carbons (Fsp3) is 0.400. The molecular weight excluding hydrogens is 224 g/mol. The molecular formula is C15H20N2O. The maximum absolute atomic E-state index is 11.9. The molecule has 1 unspecified atom stereocenters. The molecule has 1 aromatic rings. The van der Waals surface area contributed by atoms with Gasteiger partial charge in [-0.2, -0.15) is 0 Å². The molecule has 18 heavy (non-hydrogen) atoms. The predicted octanol–water partition coefficient (Wildman–Crippen LogP) is 2.28. The van der Waals surface area contributed by atoms with E-state index in [0.717, 1.165) is 31.4 Å². The number of nitrogen functional groups attached to an aromatic ring is 1. The van der Waals surface area contributed by atoms with Gasteiger partial charge in [-0.25, -0.2) is 0 Å². The molecule has 0 aliphatic heterocycles. The second kappa shape index (κ2) is 6.24. The summed E-state index contributed by atoms with van der Waals surface area (Å²) >= 11 is 0. The van der Waals surface area contributed by atoms with Gasteiger partial charge in [0, 0.05) is 18.2 Å². The van der Waals surface area contributed by atoms with Gasteiger partial charge < -0.3 is 11.1 Å². The minimum Gasteiger partial charge on any atom is -0.399 e. The van der Waals surface area contributed by atoms with E-state index in [0.29, 0.717) is 6.54 Å². The van der Waals surface area contributed by atoms with Crippen LogP contribution in [0.15, 0.2) is 36.4 Å². The van der Waals surface area contributed by atoms with E-state index in [-0.39, 0.29) is 11.8 Å². The number of carbonyl (C=O) groups is 1. The Morgan fingerprint density at radius 2 is 2.06 bits per heavy atom. The summed E-state index contributed by atoms with van der Waals surface area (Å²) in [6.45, 7) is 0.697. The Bertz CT molecular complexity index is 423. The fourth-order valence-electron chi connectivity index (χ4n) is 2.19. The van der Waals surface area contributed by atoms with Crippen molar-refractivity contribution in [2.45, 2.75) is 25.7 Å². The van der Waals surface area contributed by atoms with Gasteiger partial charge >= 0.3 is 0 Å². The number of nitrogens with two attached hydrogens (primary N) is 1. The van der Waals surface area contributed by atoms with E-state index in [2.05, 4.69) is 17.5 Å². The van der Waals surface area contributed by atoms with E-state index in [9.17, 15) is 4.79 Å². The number of allylic oxidation sites excluding steroid dienone is 2. The molecule has 0 saturated carbocycles. The zero-order valence-corrected chi connectivity index (χ0v) is 10.6. The van der Waals surface area contributed by atoms with Gasteiger partial charge in [0.1, 0.15) is 0 Å². The Morgan fingerprint density at radius 1 is 1.28 bits per heavy atom. The lowest BCUT2D eigenvalue weighted by Crippen LogP contribution is -2.32. The van der Waals surface area contributed by atoms with Crippen LogP contribution in [0.2, 0.25) is 0 Å². The topological polar surface area (TPSA) is 55.1 Å². The molecule has 0 radical (unpaired) electrons. The predicted molar refractivity (Wildman–Crippen MR) is 74.0 cm³/mol. The van der Waals surface area contributed by atoms with Gasteiger partial charge in [-0.05, 0) is 43.4 Å². The summed E-state index contributed by atoms with van der Waals surface area (Å²) in [5.74, 6) is 0.358. The first-order chi connectivity index (χ1) is 8.75. The third kappa shape index (κ3) is 3.62. The summed E-state index contributed by atoms with van der Waals surface area (Å²) in [7, 11) is 0. The monoisotopic (exact) mass is 244 g/mol. The van der Waals surface area contributed by atoms with E-state index in [1.165, 1.54) is 5.56 Å². The van der Waals surface area contributed by atoms with Crippen molar-refractivity contribution in [3.05, 3.63) is 42.0 Å². The number of anilines is 1. The molecule has 96 valence electrons. The average Bonchev–Trinajstić information content (AvgIpc) is 2.42. The fourth-order valence-corrected chi connectivity index (χ4v) is 2.19. The Morgan fingerprint density at radius 3 is 2.72 bits per heavy atom. The molecule has 1 aliphatic carbocycles. The summed E-state index contributed by atoms with van der Waals surface area (Å²) in [5.41, 5.74) is 7.60. The van der Waals surface area contributed by atoms with Crippen LogP contribution >= 0.6 is 0 Å². The molecule has 1 amide bonds. The highest BCUT2D eigenvalue weighted by molar-refractivity contribution is 5.78. The third-order valence-electron chi connectivity index (χ3n) is 3.33. The lowest BCUT2D eigenvalue weighted by Gasteiger charge is -2.17. The Kier molecular flexibility index (Phi) is 4.40. The largest absolute Gasteiger partial charge is 0.399 e. The Balaban J connectivity index is 1.73. The Labute approximate surface area is 108 Å². The zero-order valence-electron chi connectivity index (χ0n) is 10.6. The Hall–Kier alpha value is -1.77. The van der Waals surface area contributed by atoms with Crippen molar-refractivity contribution in [3.63, 3.8) is 0 Å². The first kappa shape index (κ1) is 12.7. The number of rotatable bonds is 4. The third-order valence-corrected chi connectivity index (χ3v) is 3.33. The first-order valence-electron chi connectivity index (χ1n) is 6.53. The van der Waals surface area contributed by atoms with Crippen LogP contribution in [0.1, 0.15) is 24.8 Å². The van der Waals surface area contributed by atoms with Crippen LogP contribution in [0.3, 0.4) is 0 Å². The van der Waals surface area contributed by atoms with Gasteiger partial charge in [-0.15, -0.1) is 0 Å². The van der Waals surface area contributed by atoms with Gasteiger partial charge in [-0.1, -0.05) is 24.3 Å². The number of hydrogen-bond acceptors (Lipinski definition) is 2. The number of hydrogen-bond donors (Lipinski definition) is 2. The van der Waals surface area contributed by atoms with Crippen molar-refractivity contribution in [1.82, 2.24) is 5.32 Å². The standard InChI is InChI=1S/C15H20N2O/c16-14-8-6-12(7-9-14)10-11-17-15(18)13-4-2-1-3-5-13/h1-2,6-9,13H,3-5,10-11,16H2,(H,17,18). The van der Waals surface area contributed by atoms with Crippen LogP contribution in [0.4, 0.5) is 5.69 Å². The molecule has 2 rings (SSSR count). The molecule has 0 saturated heterocycles. The van der Waals surface area contributed by atoms with Crippen molar-refractivity contribution >= 4 is 11.6 Å². The van der Waals surface area contributed by atoms with Crippen LogP contribution in [0.25, 0.3) is 0 Å². The van der Waals surface area contributed by atoms with Gasteiger partial charge in [0.15, 0.2) is 0 Å². The molecule has 0 heterocycles. The van der Waals surface area contributed by atoms with Crippen molar-refractivity contribution in [1.29, 1.82) is 0 Å². The van der Waals surface area contributed by atoms with Gasteiger partial charge in [0.25, 0.3) is 0 Å². The summed E-state index contributed by atoms with van der Waals surface area (Å²) < 4.78 is 0.